The van der Waals surface area contributed by atoms with Gasteiger partial charge in [0.15, 0.2) is 0 Å². The van der Waals surface area contributed by atoms with Crippen LogP contribution in [-0.4, -0.2) is 11.0 Å². The number of carbonyl (C=O) groups is 1. The normalized spacial score (nSPS) is 10.3. The number of anilines is 2. The third-order valence-electron chi connectivity index (χ3n) is 2.51. The highest BCUT2D eigenvalue weighted by molar-refractivity contribution is 9.11. The van der Waals surface area contributed by atoms with Crippen LogP contribution in [0.25, 0.3) is 0 Å². The van der Waals surface area contributed by atoms with Crippen LogP contribution in [0.15, 0.2) is 39.3 Å². The molecule has 0 heterocycles. The van der Waals surface area contributed by atoms with Crippen molar-refractivity contribution in [1.29, 1.82) is 0 Å². The molecule has 104 valence electrons. The van der Waals surface area contributed by atoms with E-state index in [0.717, 1.165) is 0 Å². The number of amides is 1. The van der Waals surface area contributed by atoms with Crippen molar-refractivity contribution in [2.24, 2.45) is 0 Å². The van der Waals surface area contributed by atoms with Gasteiger partial charge in [0.05, 0.1) is 10.7 Å². The molecule has 0 saturated carbocycles. The van der Waals surface area contributed by atoms with E-state index in [2.05, 4.69) is 37.2 Å². The summed E-state index contributed by atoms with van der Waals surface area (Å²) in [6.45, 7) is 0. The summed E-state index contributed by atoms with van der Waals surface area (Å²) in [7, 11) is 0. The summed E-state index contributed by atoms with van der Waals surface area (Å²) in [6.07, 6.45) is 0. The number of nitrogens with one attached hydrogen (secondary N) is 1. The Labute approximate surface area is 137 Å². The van der Waals surface area contributed by atoms with Gasteiger partial charge in [-0.15, -0.1) is 0 Å². The monoisotopic (exact) mass is 418 g/mol. The summed E-state index contributed by atoms with van der Waals surface area (Å²) < 4.78 is 1.31. The van der Waals surface area contributed by atoms with E-state index >= 15 is 0 Å². The average Bonchev–Trinajstić information content (AvgIpc) is 2.36. The highest BCUT2D eigenvalue weighted by atomic mass is 79.9. The van der Waals surface area contributed by atoms with Crippen molar-refractivity contribution < 1.29 is 9.90 Å². The summed E-state index contributed by atoms with van der Waals surface area (Å²) in [5.74, 6) is -0.420. The smallest absolute Gasteiger partial charge is 0.255 e. The molecule has 4 N–H and O–H groups in total. The zero-order chi connectivity index (χ0) is 14.9. The van der Waals surface area contributed by atoms with Crippen LogP contribution in [0.1, 0.15) is 10.4 Å². The lowest BCUT2D eigenvalue weighted by molar-refractivity contribution is 0.102. The van der Waals surface area contributed by atoms with Crippen molar-refractivity contribution in [2.45, 2.75) is 0 Å². The molecule has 0 aromatic heterocycles. The lowest BCUT2D eigenvalue weighted by Crippen LogP contribution is -2.12. The molecule has 0 radical (unpaired) electrons. The van der Waals surface area contributed by atoms with Gasteiger partial charge in [-0.05, 0) is 62.2 Å². The van der Waals surface area contributed by atoms with Gasteiger partial charge in [0.1, 0.15) is 5.75 Å². The number of benzene rings is 2. The Morgan fingerprint density at radius 2 is 1.80 bits per heavy atom. The van der Waals surface area contributed by atoms with Crippen molar-refractivity contribution >= 4 is 60.7 Å². The molecule has 2 aromatic carbocycles. The first-order valence-corrected chi connectivity index (χ1v) is 7.39. The second-order valence-electron chi connectivity index (χ2n) is 3.98. The van der Waals surface area contributed by atoms with Crippen LogP contribution in [0.4, 0.5) is 11.4 Å². The van der Waals surface area contributed by atoms with E-state index in [0.29, 0.717) is 25.9 Å². The number of nitrogen functional groups attached to an aromatic ring is 1. The van der Waals surface area contributed by atoms with Crippen molar-refractivity contribution in [3.05, 3.63) is 49.9 Å². The van der Waals surface area contributed by atoms with Gasteiger partial charge in [0, 0.05) is 20.2 Å². The number of carbonyl (C=O) groups excluding carboxylic acids is 1. The predicted molar refractivity (Wildman–Crippen MR) is 87.3 cm³/mol. The van der Waals surface area contributed by atoms with Crippen LogP contribution >= 0.6 is 43.5 Å². The number of rotatable bonds is 2. The molecule has 0 saturated heterocycles. The fourth-order valence-corrected chi connectivity index (χ4v) is 3.15. The van der Waals surface area contributed by atoms with E-state index in [1.807, 2.05) is 0 Å². The second kappa shape index (κ2) is 6.03. The van der Waals surface area contributed by atoms with E-state index in [9.17, 15) is 9.90 Å². The molecule has 0 aliphatic rings. The summed E-state index contributed by atoms with van der Waals surface area (Å²) >= 11 is 12.4. The largest absolute Gasteiger partial charge is 0.506 e. The first-order valence-electron chi connectivity index (χ1n) is 5.43. The molecular weight excluding hydrogens is 411 g/mol. The first kappa shape index (κ1) is 15.2. The number of phenolic OH excluding ortho intramolecular Hbond substituents is 1. The molecule has 0 fully saturated rings. The highest BCUT2D eigenvalue weighted by Crippen LogP contribution is 2.34. The number of phenols is 1. The molecule has 20 heavy (non-hydrogen) atoms. The second-order valence-corrected chi connectivity index (χ2v) is 6.10. The third-order valence-corrected chi connectivity index (χ3v) is 4.07. The standard InChI is InChI=1S/C13H9Br2ClN2O2/c14-8-4-7(17)5-9(15)12(8)18-13(20)6-1-2-11(19)10(16)3-6/h1-5,19H,17H2,(H,18,20). The number of nitrogens with two attached hydrogens (primary N) is 1. The topological polar surface area (TPSA) is 75.3 Å². The van der Waals surface area contributed by atoms with E-state index < -0.39 is 0 Å². The van der Waals surface area contributed by atoms with Gasteiger partial charge < -0.3 is 16.2 Å². The molecule has 0 spiro atoms. The number of halogens is 3. The van der Waals surface area contributed by atoms with E-state index in [1.165, 1.54) is 18.2 Å². The van der Waals surface area contributed by atoms with Crippen LogP contribution in [0.5, 0.6) is 5.75 Å². The Hall–Kier alpha value is -1.24. The SMILES string of the molecule is Nc1cc(Br)c(NC(=O)c2ccc(O)c(Cl)c2)c(Br)c1. The number of aromatic hydroxyl groups is 1. The van der Waals surface area contributed by atoms with Gasteiger partial charge in [0.25, 0.3) is 5.91 Å². The Morgan fingerprint density at radius 3 is 2.35 bits per heavy atom. The minimum atomic E-state index is -0.349. The molecule has 0 unspecified atom stereocenters. The van der Waals surface area contributed by atoms with Crippen molar-refractivity contribution in [1.82, 2.24) is 0 Å². The molecule has 4 nitrogen and oxygen atoms in total. The van der Waals surface area contributed by atoms with Gasteiger partial charge in [-0.1, -0.05) is 11.6 Å². The fraction of sp³-hybridized carbons (Fsp3) is 0. The molecule has 0 bridgehead atoms. The maximum atomic E-state index is 12.1. The van der Waals surface area contributed by atoms with Crippen molar-refractivity contribution in [3.8, 4) is 5.75 Å². The van der Waals surface area contributed by atoms with E-state index in [-0.39, 0.29) is 16.7 Å². The van der Waals surface area contributed by atoms with Gasteiger partial charge in [-0.3, -0.25) is 4.79 Å². The third kappa shape index (κ3) is 3.26. The molecular formula is C13H9Br2ClN2O2. The molecule has 0 aliphatic carbocycles. The maximum absolute atomic E-state index is 12.1. The van der Waals surface area contributed by atoms with Crippen LogP contribution < -0.4 is 11.1 Å². The Kier molecular flexibility index (Phi) is 4.57. The van der Waals surface area contributed by atoms with E-state index in [1.54, 1.807) is 12.1 Å². The molecule has 7 heteroatoms. The van der Waals surface area contributed by atoms with Crippen LogP contribution in [0, 0.1) is 0 Å². The minimum Gasteiger partial charge on any atom is -0.506 e. The van der Waals surface area contributed by atoms with Crippen molar-refractivity contribution in [3.63, 3.8) is 0 Å². The predicted octanol–water partition coefficient (Wildman–Crippen LogP) is 4.41. The van der Waals surface area contributed by atoms with Crippen molar-refractivity contribution in [2.75, 3.05) is 11.1 Å². The van der Waals surface area contributed by atoms with Gasteiger partial charge in [0.2, 0.25) is 0 Å². The first-order chi connectivity index (χ1) is 9.38. The van der Waals surface area contributed by atoms with E-state index in [4.69, 9.17) is 17.3 Å². The Morgan fingerprint density at radius 1 is 1.20 bits per heavy atom. The average molecular weight is 420 g/mol. The zero-order valence-electron chi connectivity index (χ0n) is 9.95. The summed E-state index contributed by atoms with van der Waals surface area (Å²) in [6, 6.07) is 7.61. The molecule has 0 atom stereocenters. The minimum absolute atomic E-state index is 0.0712. The molecule has 0 aliphatic heterocycles. The molecule has 2 rings (SSSR count). The zero-order valence-corrected chi connectivity index (χ0v) is 13.9. The van der Waals surface area contributed by atoms with Gasteiger partial charge >= 0.3 is 0 Å². The van der Waals surface area contributed by atoms with Gasteiger partial charge in [-0.25, -0.2) is 0 Å². The van der Waals surface area contributed by atoms with Crippen LogP contribution in [0.3, 0.4) is 0 Å². The fourth-order valence-electron chi connectivity index (χ4n) is 1.55. The quantitative estimate of drug-likeness (QED) is 0.630. The van der Waals surface area contributed by atoms with Crippen LogP contribution in [-0.2, 0) is 0 Å². The highest BCUT2D eigenvalue weighted by Gasteiger charge is 2.13. The summed E-state index contributed by atoms with van der Waals surface area (Å²) in [5, 5.41) is 12.2. The Bertz CT molecular complexity index is 669. The number of hydrogen-bond acceptors (Lipinski definition) is 3. The lowest BCUT2D eigenvalue weighted by atomic mass is 10.2. The number of hydrogen-bond donors (Lipinski definition) is 3. The summed E-state index contributed by atoms with van der Waals surface area (Å²) in [5.41, 5.74) is 7.15. The molecule has 1 amide bonds. The van der Waals surface area contributed by atoms with Crippen LogP contribution in [0.2, 0.25) is 5.02 Å². The summed E-state index contributed by atoms with van der Waals surface area (Å²) in [4.78, 5) is 12.1. The Balaban J connectivity index is 2.30. The maximum Gasteiger partial charge on any atom is 0.255 e. The lowest BCUT2D eigenvalue weighted by Gasteiger charge is -2.11. The molecule has 2 aromatic rings. The van der Waals surface area contributed by atoms with Gasteiger partial charge in [-0.2, -0.15) is 0 Å².